The predicted octanol–water partition coefficient (Wildman–Crippen LogP) is 3.17. The number of ether oxygens (including phenoxy) is 1. The van der Waals surface area contributed by atoms with Gasteiger partial charge in [0.15, 0.2) is 0 Å². The lowest BCUT2D eigenvalue weighted by Crippen LogP contribution is -2.50. The number of benzene rings is 2. The maximum Gasteiger partial charge on any atom is 0.148 e. The molecule has 0 saturated carbocycles. The quantitative estimate of drug-likeness (QED) is 0.827. The van der Waals surface area contributed by atoms with Crippen molar-refractivity contribution in [2.45, 2.75) is 38.1 Å². The second kappa shape index (κ2) is 7.00. The van der Waals surface area contributed by atoms with E-state index >= 15 is 0 Å². The standard InChI is InChI=1S/C19H25O3P/c1-15(22-4)19(3,20)16(2)23(21,17-11-7-5-8-12-17)18-13-9-6-10-14-18/h5-16,20H,1-4H3. The van der Waals surface area contributed by atoms with Crippen LogP contribution in [0, 0.1) is 0 Å². The van der Waals surface area contributed by atoms with Gasteiger partial charge in [0, 0.05) is 23.4 Å². The van der Waals surface area contributed by atoms with Gasteiger partial charge in [0.05, 0.1) is 11.7 Å². The molecule has 3 nitrogen and oxygen atoms in total. The predicted molar refractivity (Wildman–Crippen MR) is 96.3 cm³/mol. The highest BCUT2D eigenvalue weighted by molar-refractivity contribution is 7.79. The van der Waals surface area contributed by atoms with Gasteiger partial charge in [-0.2, -0.15) is 0 Å². The van der Waals surface area contributed by atoms with Gasteiger partial charge in [0.1, 0.15) is 7.14 Å². The zero-order chi connectivity index (χ0) is 17.1. The van der Waals surface area contributed by atoms with Crippen LogP contribution in [-0.4, -0.2) is 29.6 Å². The Morgan fingerprint density at radius 2 is 1.35 bits per heavy atom. The van der Waals surface area contributed by atoms with E-state index in [0.717, 1.165) is 10.6 Å². The van der Waals surface area contributed by atoms with Crippen LogP contribution in [0.1, 0.15) is 20.8 Å². The average molecular weight is 332 g/mol. The minimum atomic E-state index is -3.03. The molecule has 3 unspecified atom stereocenters. The summed E-state index contributed by atoms with van der Waals surface area (Å²) in [7, 11) is -1.48. The molecule has 2 aromatic carbocycles. The minimum Gasteiger partial charge on any atom is -0.387 e. The number of aliphatic hydroxyl groups is 1. The average Bonchev–Trinajstić information content (AvgIpc) is 2.61. The van der Waals surface area contributed by atoms with Crippen LogP contribution in [-0.2, 0) is 9.30 Å². The molecule has 0 spiro atoms. The van der Waals surface area contributed by atoms with Gasteiger partial charge >= 0.3 is 0 Å². The van der Waals surface area contributed by atoms with Crippen molar-refractivity contribution in [2.75, 3.05) is 7.11 Å². The van der Waals surface area contributed by atoms with E-state index in [-0.39, 0.29) is 0 Å². The van der Waals surface area contributed by atoms with E-state index in [0.29, 0.717) is 0 Å². The summed E-state index contributed by atoms with van der Waals surface area (Å²) >= 11 is 0. The first-order valence-electron chi connectivity index (χ1n) is 7.81. The molecule has 23 heavy (non-hydrogen) atoms. The van der Waals surface area contributed by atoms with Crippen molar-refractivity contribution >= 4 is 17.8 Å². The lowest BCUT2D eigenvalue weighted by atomic mass is 9.97. The van der Waals surface area contributed by atoms with Crippen molar-refractivity contribution < 1.29 is 14.4 Å². The van der Waals surface area contributed by atoms with E-state index in [1.54, 1.807) is 21.0 Å². The summed E-state index contributed by atoms with van der Waals surface area (Å²) in [5, 5.41) is 12.5. The van der Waals surface area contributed by atoms with Gasteiger partial charge in [-0.05, 0) is 13.8 Å². The Morgan fingerprint density at radius 1 is 0.957 bits per heavy atom. The highest BCUT2D eigenvalue weighted by atomic mass is 31.2. The lowest BCUT2D eigenvalue weighted by molar-refractivity contribution is -0.0716. The summed E-state index contributed by atoms with van der Waals surface area (Å²) in [5.74, 6) is 0. The molecule has 0 aromatic heterocycles. The van der Waals surface area contributed by atoms with Gasteiger partial charge in [-0.3, -0.25) is 0 Å². The molecule has 0 aliphatic rings. The molecule has 0 fully saturated rings. The molecular weight excluding hydrogens is 307 g/mol. The van der Waals surface area contributed by atoms with E-state index in [1.807, 2.05) is 67.6 Å². The number of methoxy groups -OCH3 is 1. The third kappa shape index (κ3) is 3.28. The van der Waals surface area contributed by atoms with E-state index in [2.05, 4.69) is 0 Å². The molecule has 0 aliphatic heterocycles. The Labute approximate surface area is 138 Å². The SMILES string of the molecule is COC(C)C(C)(O)C(C)P(=O)(c1ccccc1)c1ccccc1. The summed E-state index contributed by atoms with van der Waals surface area (Å²) in [6.45, 7) is 5.34. The molecule has 2 aromatic rings. The van der Waals surface area contributed by atoms with Gasteiger partial charge in [-0.15, -0.1) is 0 Å². The van der Waals surface area contributed by atoms with Crippen LogP contribution in [0.5, 0.6) is 0 Å². The Kier molecular flexibility index (Phi) is 5.46. The number of hydrogen-bond acceptors (Lipinski definition) is 3. The normalized spacial score (nSPS) is 17.3. The number of hydrogen-bond donors (Lipinski definition) is 1. The molecule has 4 heteroatoms. The molecule has 0 amide bonds. The van der Waals surface area contributed by atoms with Gasteiger partial charge in [0.2, 0.25) is 0 Å². The fraction of sp³-hybridized carbons (Fsp3) is 0.368. The van der Waals surface area contributed by atoms with Crippen molar-refractivity contribution in [3.05, 3.63) is 60.7 Å². The molecule has 1 N–H and O–H groups in total. The zero-order valence-electron chi connectivity index (χ0n) is 14.1. The summed E-state index contributed by atoms with van der Waals surface area (Å²) in [5.41, 5.74) is -1.72. The third-order valence-electron chi connectivity index (χ3n) is 4.85. The molecule has 0 bridgehead atoms. The first kappa shape index (κ1) is 17.9. The molecular formula is C19H25O3P. The van der Waals surface area contributed by atoms with Gasteiger partial charge in [0.25, 0.3) is 0 Å². The van der Waals surface area contributed by atoms with Crippen molar-refractivity contribution in [3.8, 4) is 0 Å². The second-order valence-corrected chi connectivity index (χ2v) is 9.23. The van der Waals surface area contributed by atoms with Gasteiger partial charge < -0.3 is 14.4 Å². The topological polar surface area (TPSA) is 46.5 Å². The van der Waals surface area contributed by atoms with Crippen LogP contribution in [0.25, 0.3) is 0 Å². The van der Waals surface area contributed by atoms with Crippen LogP contribution in [0.3, 0.4) is 0 Å². The van der Waals surface area contributed by atoms with Gasteiger partial charge in [-0.25, -0.2) is 0 Å². The highest BCUT2D eigenvalue weighted by Crippen LogP contribution is 2.53. The molecule has 0 saturated heterocycles. The summed E-state index contributed by atoms with van der Waals surface area (Å²) in [4.78, 5) is 0. The maximum absolute atomic E-state index is 14.2. The molecule has 0 radical (unpaired) electrons. The van der Waals surface area contributed by atoms with Crippen LogP contribution >= 0.6 is 7.14 Å². The van der Waals surface area contributed by atoms with E-state index in [4.69, 9.17) is 4.74 Å². The summed E-state index contributed by atoms with van der Waals surface area (Å²) in [6, 6.07) is 18.8. The first-order chi connectivity index (χ1) is 10.8. The maximum atomic E-state index is 14.2. The van der Waals surface area contributed by atoms with E-state index in [1.165, 1.54) is 0 Å². The van der Waals surface area contributed by atoms with Crippen molar-refractivity contribution in [1.82, 2.24) is 0 Å². The molecule has 124 valence electrons. The second-order valence-electron chi connectivity index (χ2n) is 6.11. The van der Waals surface area contributed by atoms with E-state index in [9.17, 15) is 9.67 Å². The monoisotopic (exact) mass is 332 g/mol. The van der Waals surface area contributed by atoms with Crippen LogP contribution in [0.15, 0.2) is 60.7 Å². The highest BCUT2D eigenvalue weighted by Gasteiger charge is 2.47. The smallest absolute Gasteiger partial charge is 0.148 e. The molecule has 0 heterocycles. The van der Waals surface area contributed by atoms with Crippen LogP contribution in [0.4, 0.5) is 0 Å². The third-order valence-corrected chi connectivity index (χ3v) is 8.59. The Morgan fingerprint density at radius 3 is 1.70 bits per heavy atom. The summed E-state index contributed by atoms with van der Waals surface area (Å²) < 4.78 is 19.5. The molecule has 2 rings (SSSR count). The Balaban J connectivity index is 2.63. The molecule has 3 atom stereocenters. The summed E-state index contributed by atoms with van der Waals surface area (Å²) in [6.07, 6.45) is -0.432. The Bertz CT molecular complexity index is 624. The molecule has 0 aliphatic carbocycles. The lowest BCUT2D eigenvalue weighted by Gasteiger charge is -2.39. The largest absolute Gasteiger partial charge is 0.387 e. The fourth-order valence-corrected chi connectivity index (χ4v) is 6.21. The van der Waals surface area contributed by atoms with Crippen molar-refractivity contribution in [2.24, 2.45) is 0 Å². The van der Waals surface area contributed by atoms with Crippen molar-refractivity contribution in [3.63, 3.8) is 0 Å². The Hall–Kier alpha value is -1.41. The van der Waals surface area contributed by atoms with Crippen molar-refractivity contribution in [1.29, 1.82) is 0 Å². The minimum absolute atomic E-state index is 0.432. The van der Waals surface area contributed by atoms with E-state index < -0.39 is 24.5 Å². The van der Waals surface area contributed by atoms with Gasteiger partial charge in [-0.1, -0.05) is 67.6 Å². The fourth-order valence-electron chi connectivity index (χ4n) is 2.84. The van der Waals surface area contributed by atoms with Crippen LogP contribution < -0.4 is 10.6 Å². The first-order valence-corrected chi connectivity index (χ1v) is 9.58. The number of rotatable bonds is 6. The zero-order valence-corrected chi connectivity index (χ0v) is 15.0. The van der Waals surface area contributed by atoms with Crippen LogP contribution in [0.2, 0.25) is 0 Å².